The first-order valence-electron chi connectivity index (χ1n) is 4.24. The Balaban J connectivity index is 3.17. The van der Waals surface area contributed by atoms with Crippen LogP contribution in [-0.4, -0.2) is 23.5 Å². The molecule has 0 fully saturated rings. The monoisotopic (exact) mass is 234 g/mol. The van der Waals surface area contributed by atoms with E-state index in [-0.39, 0.29) is 19.0 Å². The number of nitrogen functional groups attached to an aromatic ring is 1. The van der Waals surface area contributed by atoms with E-state index in [4.69, 9.17) is 11.0 Å². The number of nitriles is 1. The van der Waals surface area contributed by atoms with E-state index >= 15 is 0 Å². The molecule has 0 amide bonds. The third-order valence-corrected chi connectivity index (χ3v) is 1.88. The van der Waals surface area contributed by atoms with E-state index < -0.39 is 17.4 Å². The van der Waals surface area contributed by atoms with Crippen LogP contribution in [0.4, 0.5) is 19.0 Å². The highest BCUT2D eigenvalue weighted by Gasteiger charge is 2.39. The molecular weight excluding hydrogens is 225 g/mol. The normalized spacial score (nSPS) is 11.4. The Morgan fingerprint density at radius 1 is 1.56 bits per heavy atom. The molecule has 2 N–H and O–H groups in total. The topological polar surface area (TPSA) is 76.9 Å². The maximum Gasteiger partial charge on any atom is 0.436 e. The van der Waals surface area contributed by atoms with Gasteiger partial charge in [-0.05, 0) is 0 Å². The number of nitrogens with two attached hydrogens (primary N) is 1. The maximum atomic E-state index is 12.4. The van der Waals surface area contributed by atoms with Crippen LogP contribution in [0.5, 0.6) is 0 Å². The van der Waals surface area contributed by atoms with Gasteiger partial charge in [0.2, 0.25) is 0 Å². The minimum atomic E-state index is -4.68. The van der Waals surface area contributed by atoms with Crippen LogP contribution >= 0.6 is 0 Å². The van der Waals surface area contributed by atoms with Crippen LogP contribution in [-0.2, 0) is 17.5 Å². The molecule has 0 saturated carbocycles. The van der Waals surface area contributed by atoms with Gasteiger partial charge in [-0.3, -0.25) is 0 Å². The van der Waals surface area contributed by atoms with Gasteiger partial charge < -0.3 is 10.5 Å². The molecule has 0 radical (unpaired) electrons. The quantitative estimate of drug-likeness (QED) is 0.846. The van der Waals surface area contributed by atoms with Crippen molar-refractivity contribution in [3.63, 3.8) is 0 Å². The Morgan fingerprint density at radius 2 is 2.19 bits per heavy atom. The Hall–Kier alpha value is -1.75. The summed E-state index contributed by atoms with van der Waals surface area (Å²) in [5.41, 5.74) is 3.46. The second-order valence-corrected chi connectivity index (χ2v) is 2.93. The average molecular weight is 234 g/mol. The van der Waals surface area contributed by atoms with Gasteiger partial charge in [-0.25, -0.2) is 4.68 Å². The summed E-state index contributed by atoms with van der Waals surface area (Å²) in [4.78, 5) is 0. The van der Waals surface area contributed by atoms with Crippen LogP contribution in [0.1, 0.15) is 11.3 Å². The highest BCUT2D eigenvalue weighted by molar-refractivity contribution is 5.52. The number of ether oxygens (including phenoxy) is 1. The third kappa shape index (κ3) is 2.25. The molecule has 0 atom stereocenters. The number of methoxy groups -OCH3 is 1. The number of aromatic nitrogens is 2. The first-order valence-corrected chi connectivity index (χ1v) is 4.24. The summed E-state index contributed by atoms with van der Waals surface area (Å²) < 4.78 is 42.9. The first kappa shape index (κ1) is 12.3. The molecule has 0 bridgehead atoms. The van der Waals surface area contributed by atoms with Crippen molar-refractivity contribution in [2.24, 2.45) is 0 Å². The standard InChI is InChI=1S/C8H9F3N4O/c1-16-3-2-15-7(13)5(4-12)6(14-15)8(9,10)11/h2-3,13H2,1H3. The molecule has 8 heteroatoms. The number of halogens is 3. The van der Waals surface area contributed by atoms with Gasteiger partial charge in [0.25, 0.3) is 0 Å². The summed E-state index contributed by atoms with van der Waals surface area (Å²) in [6.45, 7) is 0.223. The van der Waals surface area contributed by atoms with Crippen molar-refractivity contribution in [3.8, 4) is 6.07 Å². The SMILES string of the molecule is COCCn1nc(C(F)(F)F)c(C#N)c1N. The lowest BCUT2D eigenvalue weighted by atomic mass is 10.2. The maximum absolute atomic E-state index is 12.4. The molecule has 0 aliphatic rings. The van der Waals surface area contributed by atoms with E-state index in [0.29, 0.717) is 0 Å². The van der Waals surface area contributed by atoms with Crippen LogP contribution in [0, 0.1) is 11.3 Å². The molecule has 0 saturated heterocycles. The fourth-order valence-corrected chi connectivity index (χ4v) is 1.13. The van der Waals surface area contributed by atoms with Crippen molar-refractivity contribution in [2.75, 3.05) is 19.5 Å². The minimum absolute atomic E-state index is 0.0626. The van der Waals surface area contributed by atoms with E-state index in [9.17, 15) is 13.2 Å². The second-order valence-electron chi connectivity index (χ2n) is 2.93. The van der Waals surface area contributed by atoms with Gasteiger partial charge >= 0.3 is 6.18 Å². The van der Waals surface area contributed by atoms with E-state index in [2.05, 4.69) is 9.84 Å². The summed E-state index contributed by atoms with van der Waals surface area (Å²) in [6, 6.07) is 1.40. The minimum Gasteiger partial charge on any atom is -0.383 e. The lowest BCUT2D eigenvalue weighted by Crippen LogP contribution is -2.11. The van der Waals surface area contributed by atoms with Crippen LogP contribution in [0.25, 0.3) is 0 Å². The molecule has 0 spiro atoms. The summed E-state index contributed by atoms with van der Waals surface area (Å²) in [5.74, 6) is -0.299. The van der Waals surface area contributed by atoms with Crippen molar-refractivity contribution in [1.29, 1.82) is 5.26 Å². The first-order chi connectivity index (χ1) is 7.41. The van der Waals surface area contributed by atoms with Gasteiger partial charge in [0.1, 0.15) is 17.5 Å². The summed E-state index contributed by atoms with van der Waals surface area (Å²) in [5, 5.41) is 11.8. The number of alkyl halides is 3. The van der Waals surface area contributed by atoms with E-state index in [1.165, 1.54) is 13.2 Å². The molecule has 5 nitrogen and oxygen atoms in total. The smallest absolute Gasteiger partial charge is 0.383 e. The lowest BCUT2D eigenvalue weighted by Gasteiger charge is -2.02. The van der Waals surface area contributed by atoms with Crippen molar-refractivity contribution in [2.45, 2.75) is 12.7 Å². The number of anilines is 1. The second kappa shape index (κ2) is 4.40. The third-order valence-electron chi connectivity index (χ3n) is 1.88. The highest BCUT2D eigenvalue weighted by atomic mass is 19.4. The fourth-order valence-electron chi connectivity index (χ4n) is 1.13. The molecule has 0 aliphatic carbocycles. The molecular formula is C8H9F3N4O. The predicted octanol–water partition coefficient (Wildman–Crippen LogP) is 1.00. The van der Waals surface area contributed by atoms with Gasteiger partial charge in [0.05, 0.1) is 13.2 Å². The molecule has 1 heterocycles. The van der Waals surface area contributed by atoms with Crippen LogP contribution in [0.2, 0.25) is 0 Å². The summed E-state index contributed by atoms with van der Waals surface area (Å²) in [7, 11) is 1.40. The van der Waals surface area contributed by atoms with Crippen molar-refractivity contribution in [3.05, 3.63) is 11.3 Å². The highest BCUT2D eigenvalue weighted by Crippen LogP contribution is 2.32. The van der Waals surface area contributed by atoms with E-state index in [0.717, 1.165) is 4.68 Å². The molecule has 1 rings (SSSR count). The van der Waals surface area contributed by atoms with Gasteiger partial charge in [-0.15, -0.1) is 0 Å². The van der Waals surface area contributed by atoms with Gasteiger partial charge in [0, 0.05) is 7.11 Å². The van der Waals surface area contributed by atoms with Gasteiger partial charge in [-0.2, -0.15) is 23.5 Å². The Labute approximate surface area is 89.2 Å². The predicted molar refractivity (Wildman–Crippen MR) is 48.2 cm³/mol. The van der Waals surface area contributed by atoms with Gasteiger partial charge in [0.15, 0.2) is 5.69 Å². The van der Waals surface area contributed by atoms with Crippen molar-refractivity contribution >= 4 is 5.82 Å². The molecule has 16 heavy (non-hydrogen) atoms. The van der Waals surface area contributed by atoms with Gasteiger partial charge in [-0.1, -0.05) is 0 Å². The molecule has 88 valence electrons. The van der Waals surface area contributed by atoms with Crippen LogP contribution in [0.15, 0.2) is 0 Å². The van der Waals surface area contributed by atoms with E-state index in [1.54, 1.807) is 0 Å². The molecule has 0 aromatic carbocycles. The largest absolute Gasteiger partial charge is 0.436 e. The molecule has 0 unspecified atom stereocenters. The zero-order chi connectivity index (χ0) is 12.3. The Kier molecular flexibility index (Phi) is 3.39. The summed E-state index contributed by atoms with van der Waals surface area (Å²) >= 11 is 0. The molecule has 1 aromatic heterocycles. The average Bonchev–Trinajstić information content (AvgIpc) is 2.51. The zero-order valence-corrected chi connectivity index (χ0v) is 8.38. The number of hydrogen-bond acceptors (Lipinski definition) is 4. The lowest BCUT2D eigenvalue weighted by molar-refractivity contribution is -0.141. The summed E-state index contributed by atoms with van der Waals surface area (Å²) in [6.07, 6.45) is -4.68. The zero-order valence-electron chi connectivity index (χ0n) is 8.38. The molecule has 0 aliphatic heterocycles. The Morgan fingerprint density at radius 3 is 2.56 bits per heavy atom. The van der Waals surface area contributed by atoms with Crippen molar-refractivity contribution < 1.29 is 17.9 Å². The van der Waals surface area contributed by atoms with Crippen LogP contribution < -0.4 is 5.73 Å². The number of nitrogens with zero attached hydrogens (tertiary/aromatic N) is 3. The van der Waals surface area contributed by atoms with Crippen molar-refractivity contribution in [1.82, 2.24) is 9.78 Å². The number of hydrogen-bond donors (Lipinski definition) is 1. The van der Waals surface area contributed by atoms with Crippen LogP contribution in [0.3, 0.4) is 0 Å². The van der Waals surface area contributed by atoms with E-state index in [1.807, 2.05) is 0 Å². The number of rotatable bonds is 3. The fraction of sp³-hybridized carbons (Fsp3) is 0.500. The Bertz CT molecular complexity index is 418. The molecule has 1 aromatic rings.